The summed E-state index contributed by atoms with van der Waals surface area (Å²) in [4.78, 5) is 404. The average molecular weight is 2060 g/mol. The molecule has 0 aliphatic carbocycles. The van der Waals surface area contributed by atoms with Crippen molar-refractivity contribution in [1.82, 2.24) is 98.9 Å². The Bertz CT molecular complexity index is 5020. The Hall–Kier alpha value is -15.9. The van der Waals surface area contributed by atoms with Gasteiger partial charge in [0.05, 0.1) is 70.3 Å². The lowest BCUT2D eigenvalue weighted by Crippen LogP contribution is -2.61. The summed E-state index contributed by atoms with van der Waals surface area (Å²) >= 11 is 0. The number of carbonyl (C=O) groups excluding carboxylic acids is 27. The summed E-state index contributed by atoms with van der Waals surface area (Å²) in [5.74, 6) is -37.8. The molecule has 35 N–H and O–H groups in total. The van der Waals surface area contributed by atoms with Gasteiger partial charge in [-0.1, -0.05) is 27.7 Å². The maximum absolute atomic E-state index is 14.5. The second-order valence-electron chi connectivity index (χ2n) is 36.2. The van der Waals surface area contributed by atoms with Crippen molar-refractivity contribution >= 4 is 177 Å². The molecule has 5 fully saturated rings. The van der Waals surface area contributed by atoms with E-state index in [0.29, 0.717) is 0 Å². The molecule has 0 bridgehead atoms. The van der Waals surface area contributed by atoms with Crippen LogP contribution in [0.4, 0.5) is 0 Å². The molecule has 145 heavy (non-hydrogen) atoms. The highest BCUT2D eigenvalue weighted by molar-refractivity contribution is 6.06. The van der Waals surface area contributed by atoms with Crippen LogP contribution in [0.5, 0.6) is 0 Å². The summed E-state index contributed by atoms with van der Waals surface area (Å²) < 4.78 is 0. The molecule has 5 aliphatic rings. The van der Waals surface area contributed by atoms with Gasteiger partial charge >= 0.3 is 17.9 Å². The number of likely N-dealkylation sites (tertiary alicyclic amines) is 5. The van der Waals surface area contributed by atoms with E-state index in [9.17, 15) is 159 Å². The fourth-order valence-corrected chi connectivity index (χ4v) is 16.6. The summed E-state index contributed by atoms with van der Waals surface area (Å²) in [5.41, 5.74) is 49.2. The van der Waals surface area contributed by atoms with E-state index in [2.05, 4.69) is 74.4 Å². The smallest absolute Gasteiger partial charge is 0.326 e. The van der Waals surface area contributed by atoms with Crippen molar-refractivity contribution in [2.75, 3.05) is 32.7 Å². The standard InChI is InChI=1S/C84H128N28O33/c1-33(2)63(106-68(128)38(85)23-53(86)113)77(137)104-46(31-61(121)122)82(142)111-21-11-16-51(111)75(135)99-41(26-56(89)116)71(131)96-37(7)66(126)102-44(29-59(92)119)80(140)109-19-9-14-49(109)73(133)97-39(24-54(87)114)69(129)94-35(5)65(125)101-43(28-58(91)118)79(139)108-18-8-13-48(108)74(134)98-40(25-55(88)115)70(130)95-36(6)67(127)103-45(30-60(93)120)81(141)110-20-10-15-50(110)76(136)100-42(27-57(90)117)72(132)107-64(34(3)4)78(138)105-47(32-62(123)124)83(143)112-22-12-17-52(112)84(144)145/h33-52,63-64H,8-32,85H2,1-7H3,(H2,86,113)(H2,87,114)(H2,88,115)(H2,89,116)(H2,90,117)(H2,91,118)(H2,92,119)(H2,93,120)(H,94,129)(H,95,130)(H,96,131)(H,97,133)(H,98,134)(H,99,135)(H,100,136)(H,101,125)(H,102,126)(H,103,127)(H,104,137)(H,105,138)(H,106,128)(H,107,132)(H,121,122)(H,123,124)(H,144,145)/t35-,36-,37-,38-,39-,40-,41-,42-,43-,44-,45-,46-,47-,48-,49-,50-,51-,52-,63-,64-/m0/s1. The number of amides is 27. The molecule has 5 heterocycles. The minimum Gasteiger partial charge on any atom is -0.481 e. The van der Waals surface area contributed by atoms with Crippen molar-refractivity contribution < 1.29 is 159 Å². The highest BCUT2D eigenvalue weighted by Gasteiger charge is 2.49. The van der Waals surface area contributed by atoms with E-state index in [1.807, 2.05) is 0 Å². The second-order valence-corrected chi connectivity index (χ2v) is 36.2. The first-order chi connectivity index (χ1) is 67.6. The molecule has 5 aliphatic heterocycles. The number of primary amides is 8. The summed E-state index contributed by atoms with van der Waals surface area (Å²) in [6, 6.07) is -34.7. The van der Waals surface area contributed by atoms with Gasteiger partial charge in [-0.25, -0.2) is 4.79 Å². The molecule has 5 rings (SSSR count). The van der Waals surface area contributed by atoms with Gasteiger partial charge in [-0.05, 0) is 96.8 Å². The van der Waals surface area contributed by atoms with Gasteiger partial charge in [0.1, 0.15) is 115 Å². The maximum Gasteiger partial charge on any atom is 0.326 e. The number of carboxylic acids is 3. The number of hydrogen-bond acceptors (Lipinski definition) is 31. The SMILES string of the molecule is CC(C)[C@H](NC(=O)[C@H](CC(N)=O)NC(=O)[C@@H]1CCCN1C(=O)[C@H](CC(N)=O)NC(=O)[C@H](C)NC(=O)[C@H](CC(N)=O)NC(=O)[C@@H]1CCCN1C(=O)[C@H](CC(N)=O)NC(=O)[C@H](C)NC(=O)[C@H](CC(N)=O)NC(=O)[C@@H]1CCCN1C(=O)[C@H](CC(N)=O)NC(=O)[C@H](C)NC(=O)[C@H](CC(N)=O)NC(=O)[C@@H]1CCCN1C(=O)[C@H](CC(=O)O)NC(=O)[C@@H](NC(=O)[C@@H](N)CC(N)=O)C(C)C)C(=O)N[C@@H](CC(=O)O)C(=O)N1CCC[C@H]1C(=O)O. The van der Waals surface area contributed by atoms with E-state index in [4.69, 9.17) is 51.6 Å². The molecule has 0 aromatic carbocycles. The van der Waals surface area contributed by atoms with E-state index >= 15 is 0 Å². The van der Waals surface area contributed by atoms with Gasteiger partial charge in [-0.15, -0.1) is 0 Å². The lowest BCUT2D eigenvalue weighted by molar-refractivity contribution is -0.151. The minimum atomic E-state index is -1.98. The third-order valence-electron chi connectivity index (χ3n) is 23.9. The minimum absolute atomic E-state index is 0.0203. The molecule has 61 nitrogen and oxygen atoms in total. The van der Waals surface area contributed by atoms with Crippen molar-refractivity contribution in [3.05, 3.63) is 0 Å². The van der Waals surface area contributed by atoms with Crippen LogP contribution in [0.25, 0.3) is 0 Å². The number of nitrogens with one attached hydrogen (secondary N) is 14. The zero-order valence-corrected chi connectivity index (χ0v) is 80.4. The van der Waals surface area contributed by atoms with E-state index in [1.165, 1.54) is 27.7 Å². The summed E-state index contributed by atoms with van der Waals surface area (Å²) in [6.45, 7) is 7.76. The number of rotatable bonds is 56. The molecule has 61 heteroatoms. The number of nitrogens with two attached hydrogens (primary N) is 9. The Morgan fingerprint density at radius 2 is 0.428 bits per heavy atom. The van der Waals surface area contributed by atoms with Crippen LogP contribution in [0.1, 0.15) is 177 Å². The van der Waals surface area contributed by atoms with Crippen molar-refractivity contribution in [3.63, 3.8) is 0 Å². The zero-order valence-electron chi connectivity index (χ0n) is 80.4. The number of carboxylic acid groups (broad SMARTS) is 3. The average Bonchev–Trinajstić information content (AvgIpc) is 1.73. The van der Waals surface area contributed by atoms with Crippen LogP contribution in [0, 0.1) is 11.8 Å². The largest absolute Gasteiger partial charge is 0.481 e. The van der Waals surface area contributed by atoms with E-state index in [0.717, 1.165) is 45.3 Å². The highest BCUT2D eigenvalue weighted by atomic mass is 16.4. The van der Waals surface area contributed by atoms with Crippen molar-refractivity contribution in [1.29, 1.82) is 0 Å². The second kappa shape index (κ2) is 54.9. The van der Waals surface area contributed by atoms with Gasteiger partial charge in [0.2, 0.25) is 159 Å². The van der Waals surface area contributed by atoms with E-state index in [-0.39, 0.29) is 96.9 Å². The quantitative estimate of drug-likeness (QED) is 0.0269. The maximum atomic E-state index is 14.5. The molecule has 0 unspecified atom stereocenters. The first-order valence-corrected chi connectivity index (χ1v) is 46.1. The molecule has 0 radical (unpaired) electrons. The van der Waals surface area contributed by atoms with Gasteiger partial charge in [0.15, 0.2) is 0 Å². The van der Waals surface area contributed by atoms with Crippen LogP contribution < -0.4 is 126 Å². The van der Waals surface area contributed by atoms with Crippen LogP contribution in [0.3, 0.4) is 0 Å². The summed E-state index contributed by atoms with van der Waals surface area (Å²) in [6.07, 6.45) is -9.71. The summed E-state index contributed by atoms with van der Waals surface area (Å²) in [7, 11) is 0. The predicted molar refractivity (Wildman–Crippen MR) is 488 cm³/mol. The Balaban J connectivity index is 1.22. The number of carbonyl (C=O) groups is 30. The molecule has 0 saturated carbocycles. The first kappa shape index (κ1) is 120. The van der Waals surface area contributed by atoms with Crippen LogP contribution in [0.15, 0.2) is 0 Å². The fourth-order valence-electron chi connectivity index (χ4n) is 16.6. The third-order valence-corrected chi connectivity index (χ3v) is 23.9. The Morgan fingerprint density at radius 3 is 0.641 bits per heavy atom. The molecule has 5 saturated heterocycles. The zero-order chi connectivity index (χ0) is 109. The van der Waals surface area contributed by atoms with E-state index in [1.54, 1.807) is 0 Å². The van der Waals surface area contributed by atoms with E-state index < -0.39 is 374 Å². The molecular weight excluding hydrogens is 1930 g/mol. The van der Waals surface area contributed by atoms with Crippen LogP contribution in [0.2, 0.25) is 0 Å². The summed E-state index contributed by atoms with van der Waals surface area (Å²) in [5, 5.41) is 60.7. The van der Waals surface area contributed by atoms with Gasteiger partial charge in [-0.3, -0.25) is 139 Å². The Morgan fingerprint density at radius 1 is 0.234 bits per heavy atom. The molecular formula is C84H128N28O33. The highest BCUT2D eigenvalue weighted by Crippen LogP contribution is 2.27. The third kappa shape index (κ3) is 35.9. The van der Waals surface area contributed by atoms with Gasteiger partial charge < -0.3 is 166 Å². The van der Waals surface area contributed by atoms with Crippen LogP contribution in [-0.2, 0) is 144 Å². The van der Waals surface area contributed by atoms with Crippen molar-refractivity contribution in [2.45, 2.75) is 298 Å². The first-order valence-electron chi connectivity index (χ1n) is 46.1. The molecule has 0 aromatic rings. The Labute approximate surface area is 826 Å². The number of hydrogen-bond donors (Lipinski definition) is 26. The molecule has 27 amide bonds. The Kier molecular flexibility index (Phi) is 45.3. The molecule has 20 atom stereocenters. The van der Waals surface area contributed by atoms with Gasteiger partial charge in [0, 0.05) is 32.7 Å². The van der Waals surface area contributed by atoms with Crippen molar-refractivity contribution in [2.24, 2.45) is 63.4 Å². The fraction of sp³-hybridized carbons (Fsp3) is 0.643. The van der Waals surface area contributed by atoms with Gasteiger partial charge in [-0.2, -0.15) is 0 Å². The number of aliphatic carboxylic acids is 3. The molecule has 0 aromatic heterocycles. The lowest BCUT2D eigenvalue weighted by atomic mass is 10.0. The molecule has 802 valence electrons. The number of nitrogens with zero attached hydrogens (tertiary/aromatic N) is 5. The monoisotopic (exact) mass is 2060 g/mol. The van der Waals surface area contributed by atoms with Crippen molar-refractivity contribution in [3.8, 4) is 0 Å². The van der Waals surface area contributed by atoms with Gasteiger partial charge in [0.25, 0.3) is 0 Å². The molecule has 0 spiro atoms. The normalized spacial score (nSPS) is 19.5. The van der Waals surface area contributed by atoms with Crippen LogP contribution in [-0.4, -0.2) is 371 Å². The lowest BCUT2D eigenvalue weighted by Gasteiger charge is -2.31. The topological polar surface area (TPSA) is 992 Å². The van der Waals surface area contributed by atoms with Crippen LogP contribution >= 0.6 is 0 Å². The predicted octanol–water partition coefficient (Wildman–Crippen LogP) is -16.5.